The van der Waals surface area contributed by atoms with Gasteiger partial charge in [0.05, 0.1) is 17.1 Å². The van der Waals surface area contributed by atoms with Crippen LogP contribution in [0, 0.1) is 0 Å². The number of rotatable bonds is 5. The molecule has 0 unspecified atom stereocenters. The molecule has 0 radical (unpaired) electrons. The van der Waals surface area contributed by atoms with E-state index in [9.17, 15) is 13.2 Å². The van der Waals surface area contributed by atoms with Crippen LogP contribution in [0.25, 0.3) is 0 Å². The largest absolute Gasteiger partial charge is 0.462 e. The summed E-state index contributed by atoms with van der Waals surface area (Å²) in [5.41, 5.74) is 1.74. The zero-order chi connectivity index (χ0) is 18.4. The van der Waals surface area contributed by atoms with E-state index in [2.05, 4.69) is 10.6 Å². The van der Waals surface area contributed by atoms with Crippen LogP contribution < -0.4 is 15.8 Å². The fraction of sp³-hybridized carbons (Fsp3) is 0.125. The van der Waals surface area contributed by atoms with Crippen molar-refractivity contribution in [3.05, 3.63) is 54.1 Å². The summed E-state index contributed by atoms with van der Waals surface area (Å²) in [7, 11) is -3.73. The number of benzene rings is 2. The van der Waals surface area contributed by atoms with Crippen molar-refractivity contribution in [1.29, 1.82) is 0 Å². The Kier molecular flexibility index (Phi) is 6.07. The lowest BCUT2D eigenvalue weighted by Crippen LogP contribution is -2.19. The van der Waals surface area contributed by atoms with Gasteiger partial charge in [-0.25, -0.2) is 18.4 Å². The third kappa shape index (κ3) is 5.52. The zero-order valence-electron chi connectivity index (χ0n) is 13.4. The van der Waals surface area contributed by atoms with Gasteiger partial charge in [-0.15, -0.1) is 0 Å². The number of hydrogen-bond acceptors (Lipinski definition) is 5. The highest BCUT2D eigenvalue weighted by molar-refractivity contribution is 7.89. The number of thiocarbonyl (C=S) groups is 1. The van der Waals surface area contributed by atoms with Crippen LogP contribution in [-0.2, 0) is 14.8 Å². The highest BCUT2D eigenvalue weighted by Gasteiger charge is 2.08. The number of esters is 1. The molecule has 0 fully saturated rings. The Bertz CT molecular complexity index is 863. The molecule has 0 aromatic heterocycles. The lowest BCUT2D eigenvalue weighted by atomic mass is 10.2. The van der Waals surface area contributed by atoms with E-state index in [0.717, 1.165) is 0 Å². The average Bonchev–Trinajstić information content (AvgIpc) is 2.55. The lowest BCUT2D eigenvalue weighted by Gasteiger charge is -2.11. The fourth-order valence-electron chi connectivity index (χ4n) is 1.93. The van der Waals surface area contributed by atoms with Gasteiger partial charge in [-0.2, -0.15) is 0 Å². The van der Waals surface area contributed by atoms with Crippen molar-refractivity contribution in [2.24, 2.45) is 5.14 Å². The summed E-state index contributed by atoms with van der Waals surface area (Å²) < 4.78 is 27.3. The van der Waals surface area contributed by atoms with Gasteiger partial charge in [-0.3, -0.25) is 0 Å². The number of carbonyl (C=O) groups is 1. The van der Waals surface area contributed by atoms with E-state index < -0.39 is 10.0 Å². The Balaban J connectivity index is 1.97. The maximum atomic E-state index is 11.6. The van der Waals surface area contributed by atoms with Gasteiger partial charge in [0.15, 0.2) is 5.11 Å². The normalized spacial score (nSPS) is 10.8. The minimum absolute atomic E-state index is 0.0199. The number of carbonyl (C=O) groups excluding carboxylic acids is 1. The molecule has 0 atom stereocenters. The predicted molar refractivity (Wildman–Crippen MR) is 100 cm³/mol. The number of primary sulfonamides is 1. The summed E-state index contributed by atoms with van der Waals surface area (Å²) in [6.45, 7) is 2.06. The van der Waals surface area contributed by atoms with Gasteiger partial charge in [-0.1, -0.05) is 0 Å². The highest BCUT2D eigenvalue weighted by Crippen LogP contribution is 2.14. The van der Waals surface area contributed by atoms with Crippen LogP contribution in [0.3, 0.4) is 0 Å². The van der Waals surface area contributed by atoms with E-state index in [0.29, 0.717) is 28.7 Å². The smallest absolute Gasteiger partial charge is 0.338 e. The molecule has 0 saturated carbocycles. The van der Waals surface area contributed by atoms with Crippen LogP contribution in [0.2, 0.25) is 0 Å². The lowest BCUT2D eigenvalue weighted by molar-refractivity contribution is 0.0526. The Labute approximate surface area is 151 Å². The van der Waals surface area contributed by atoms with Crippen molar-refractivity contribution < 1.29 is 17.9 Å². The van der Waals surface area contributed by atoms with E-state index in [1.165, 1.54) is 12.1 Å². The standard InChI is InChI=1S/C16H17N3O4S2/c1-2-23-15(20)11-3-5-12(6-4-11)18-16(24)19-13-7-9-14(10-8-13)25(17,21)22/h3-10H,2H2,1H3,(H2,17,21,22)(H2,18,19,24). The Morgan fingerprint density at radius 3 is 1.96 bits per heavy atom. The molecule has 132 valence electrons. The number of sulfonamides is 1. The van der Waals surface area contributed by atoms with Crippen molar-refractivity contribution in [2.75, 3.05) is 17.2 Å². The number of hydrogen-bond donors (Lipinski definition) is 3. The average molecular weight is 379 g/mol. The Hall–Kier alpha value is -2.49. The van der Waals surface area contributed by atoms with Crippen molar-refractivity contribution in [2.45, 2.75) is 11.8 Å². The number of anilines is 2. The van der Waals surface area contributed by atoms with E-state index in [1.54, 1.807) is 43.3 Å². The van der Waals surface area contributed by atoms with Crippen LogP contribution in [0.5, 0.6) is 0 Å². The van der Waals surface area contributed by atoms with Crippen LogP contribution >= 0.6 is 12.2 Å². The molecule has 25 heavy (non-hydrogen) atoms. The molecule has 2 rings (SSSR count). The topological polar surface area (TPSA) is 111 Å². The van der Waals surface area contributed by atoms with E-state index in [1.807, 2.05) is 0 Å². The summed E-state index contributed by atoms with van der Waals surface area (Å²) in [6, 6.07) is 12.5. The number of nitrogens with two attached hydrogens (primary N) is 1. The molecule has 2 aromatic carbocycles. The second kappa shape index (κ2) is 8.06. The predicted octanol–water partition coefficient (Wildman–Crippen LogP) is 2.32. The van der Waals surface area contributed by atoms with Crippen molar-refractivity contribution >= 4 is 44.7 Å². The maximum Gasteiger partial charge on any atom is 0.338 e. The molecular formula is C16H17N3O4S2. The first-order valence-electron chi connectivity index (χ1n) is 7.27. The first-order valence-corrected chi connectivity index (χ1v) is 9.23. The van der Waals surface area contributed by atoms with Gasteiger partial charge in [0.25, 0.3) is 0 Å². The van der Waals surface area contributed by atoms with E-state index >= 15 is 0 Å². The fourth-order valence-corrected chi connectivity index (χ4v) is 2.68. The van der Waals surface area contributed by atoms with Crippen LogP contribution in [0.1, 0.15) is 17.3 Å². The number of ether oxygens (including phenoxy) is 1. The van der Waals surface area contributed by atoms with Gasteiger partial charge < -0.3 is 15.4 Å². The van der Waals surface area contributed by atoms with Crippen LogP contribution in [-0.4, -0.2) is 26.1 Å². The first kappa shape index (κ1) is 18.8. The summed E-state index contributed by atoms with van der Waals surface area (Å²) in [4.78, 5) is 11.6. The molecule has 2 aromatic rings. The molecule has 0 heterocycles. The summed E-state index contributed by atoms with van der Waals surface area (Å²) in [5.74, 6) is -0.385. The highest BCUT2D eigenvalue weighted by atomic mass is 32.2. The summed E-state index contributed by atoms with van der Waals surface area (Å²) in [5, 5.41) is 11.2. The minimum Gasteiger partial charge on any atom is -0.462 e. The maximum absolute atomic E-state index is 11.6. The van der Waals surface area contributed by atoms with Crippen LogP contribution in [0.15, 0.2) is 53.4 Å². The Morgan fingerprint density at radius 1 is 1.04 bits per heavy atom. The molecule has 7 nitrogen and oxygen atoms in total. The molecule has 4 N–H and O–H groups in total. The number of nitrogens with one attached hydrogen (secondary N) is 2. The molecule has 0 aliphatic carbocycles. The molecule has 0 spiro atoms. The van der Waals surface area contributed by atoms with Gasteiger partial charge in [0.1, 0.15) is 0 Å². The van der Waals surface area contributed by atoms with Crippen molar-refractivity contribution in [1.82, 2.24) is 0 Å². The SMILES string of the molecule is CCOC(=O)c1ccc(NC(=S)Nc2ccc(S(N)(=O)=O)cc2)cc1. The third-order valence-electron chi connectivity index (χ3n) is 3.09. The molecule has 9 heteroatoms. The van der Waals surface area contributed by atoms with Crippen molar-refractivity contribution in [3.8, 4) is 0 Å². The summed E-state index contributed by atoms with van der Waals surface area (Å²) >= 11 is 5.19. The molecule has 0 aliphatic rings. The van der Waals surface area contributed by atoms with Crippen molar-refractivity contribution in [3.63, 3.8) is 0 Å². The zero-order valence-corrected chi connectivity index (χ0v) is 15.0. The Morgan fingerprint density at radius 2 is 1.52 bits per heavy atom. The van der Waals surface area contributed by atoms with Gasteiger partial charge >= 0.3 is 5.97 Å². The van der Waals surface area contributed by atoms with E-state index in [4.69, 9.17) is 22.1 Å². The first-order chi connectivity index (χ1) is 11.8. The quantitative estimate of drug-likeness (QED) is 0.540. The summed E-state index contributed by atoms with van der Waals surface area (Å²) in [6.07, 6.45) is 0. The second-order valence-corrected chi connectivity index (χ2v) is 6.92. The van der Waals surface area contributed by atoms with Gasteiger partial charge in [0, 0.05) is 11.4 Å². The minimum atomic E-state index is -3.73. The second-order valence-electron chi connectivity index (χ2n) is 4.95. The molecule has 0 amide bonds. The molecule has 0 bridgehead atoms. The van der Waals surface area contributed by atoms with Gasteiger partial charge in [0.2, 0.25) is 10.0 Å². The molecule has 0 saturated heterocycles. The monoisotopic (exact) mass is 379 g/mol. The molecular weight excluding hydrogens is 362 g/mol. The van der Waals surface area contributed by atoms with Crippen LogP contribution in [0.4, 0.5) is 11.4 Å². The third-order valence-corrected chi connectivity index (χ3v) is 4.23. The van der Waals surface area contributed by atoms with Gasteiger partial charge in [-0.05, 0) is 67.7 Å². The van der Waals surface area contributed by atoms with E-state index in [-0.39, 0.29) is 10.9 Å². The molecule has 0 aliphatic heterocycles.